The van der Waals surface area contributed by atoms with Gasteiger partial charge in [-0.25, -0.2) is 18.3 Å². The molecule has 0 aliphatic carbocycles. The van der Waals surface area contributed by atoms with Gasteiger partial charge in [0.1, 0.15) is 30.8 Å². The number of alkyl halides is 2. The van der Waals surface area contributed by atoms with E-state index in [9.17, 15) is 23.6 Å². The number of aliphatic hydroxyl groups excluding tert-OH is 2. The second-order valence-corrected chi connectivity index (χ2v) is 9.32. The number of hydrogen-bond donors (Lipinski definition) is 4. The fourth-order valence-electron chi connectivity index (χ4n) is 3.60. The Hall–Kier alpha value is -1.51. The van der Waals surface area contributed by atoms with E-state index in [1.54, 1.807) is 0 Å². The molecule has 4 atom stereocenters. The summed E-state index contributed by atoms with van der Waals surface area (Å²) in [4.78, 5) is 27.2. The van der Waals surface area contributed by atoms with Crippen LogP contribution in [0.5, 0.6) is 0 Å². The minimum atomic E-state index is -4.41. The molecule has 2 aromatic rings. The Morgan fingerprint density at radius 2 is 2.10 bits per heavy atom. The lowest BCUT2D eigenvalue weighted by Crippen LogP contribution is -2.33. The van der Waals surface area contributed by atoms with Crippen molar-refractivity contribution in [2.24, 2.45) is 0 Å². The van der Waals surface area contributed by atoms with E-state index in [1.807, 2.05) is 0 Å². The van der Waals surface area contributed by atoms with Gasteiger partial charge in [-0.15, -0.1) is 5.10 Å². The van der Waals surface area contributed by atoms with Crippen LogP contribution in [0.1, 0.15) is 18.2 Å². The van der Waals surface area contributed by atoms with E-state index in [4.69, 9.17) is 30.9 Å². The Morgan fingerprint density at radius 3 is 2.74 bits per heavy atom. The Kier molecular flexibility index (Phi) is 5.94. The number of nitrogens with zero attached hydrogens (tertiary/aromatic N) is 5. The molecule has 0 saturated carbocycles. The molecular formula is C15H19ClF2N5O7P. The minimum absolute atomic E-state index is 0.0401. The van der Waals surface area contributed by atoms with Crippen LogP contribution in [0.3, 0.4) is 0 Å². The van der Waals surface area contributed by atoms with Crippen molar-refractivity contribution < 1.29 is 42.8 Å². The summed E-state index contributed by atoms with van der Waals surface area (Å²) >= 11 is 5.98. The summed E-state index contributed by atoms with van der Waals surface area (Å²) in [5.74, 6) is -2.78. The van der Waals surface area contributed by atoms with Crippen LogP contribution in [0.4, 0.5) is 14.6 Å². The topological polar surface area (TPSA) is 163 Å². The molecule has 4 N–H and O–H groups in total. The molecule has 2 aromatic heterocycles. The van der Waals surface area contributed by atoms with Crippen molar-refractivity contribution in [2.45, 2.75) is 36.8 Å². The maximum absolute atomic E-state index is 13.7. The largest absolute Gasteiger partial charge is 0.387 e. The smallest absolute Gasteiger partial charge is 0.350 e. The van der Waals surface area contributed by atoms with E-state index < -0.39 is 50.8 Å². The average Bonchev–Trinajstić information content (AvgIpc) is 3.31. The zero-order valence-corrected chi connectivity index (χ0v) is 17.4. The van der Waals surface area contributed by atoms with Crippen molar-refractivity contribution in [1.29, 1.82) is 0 Å². The van der Waals surface area contributed by atoms with Gasteiger partial charge in [0.25, 0.3) is 5.92 Å². The molecule has 16 heteroatoms. The molecule has 0 bridgehead atoms. The third kappa shape index (κ3) is 4.66. The summed E-state index contributed by atoms with van der Waals surface area (Å²) in [7, 11) is -4.41. The van der Waals surface area contributed by atoms with Crippen LogP contribution in [0, 0.1) is 0 Å². The molecule has 12 nitrogen and oxygen atoms in total. The highest BCUT2D eigenvalue weighted by Gasteiger charge is 2.46. The van der Waals surface area contributed by atoms with Gasteiger partial charge in [-0.3, -0.25) is 4.57 Å². The predicted octanol–water partition coefficient (Wildman–Crippen LogP) is -0.0634. The van der Waals surface area contributed by atoms with Crippen LogP contribution < -0.4 is 4.90 Å². The van der Waals surface area contributed by atoms with Gasteiger partial charge < -0.3 is 34.4 Å². The number of anilines is 1. The lowest BCUT2D eigenvalue weighted by Gasteiger charge is -2.18. The van der Waals surface area contributed by atoms with Gasteiger partial charge >= 0.3 is 7.60 Å². The molecule has 4 heterocycles. The molecule has 2 aliphatic heterocycles. The summed E-state index contributed by atoms with van der Waals surface area (Å²) < 4.78 is 49.9. The van der Waals surface area contributed by atoms with Crippen LogP contribution in [-0.2, 0) is 14.0 Å². The van der Waals surface area contributed by atoms with Crippen LogP contribution in [0.15, 0.2) is 6.20 Å². The van der Waals surface area contributed by atoms with E-state index in [2.05, 4.69) is 15.1 Å². The van der Waals surface area contributed by atoms with Crippen LogP contribution in [-0.4, -0.2) is 89.9 Å². The third-order valence-corrected chi connectivity index (χ3v) is 5.69. The maximum Gasteiger partial charge on any atom is 0.350 e. The SMILES string of the molecule is O=P(O)(O)COC[C@H]1O[C@@H](c2cnc3c(N4CCC(F)(F)C4)nc(Cl)nn23)[C@H](O)[C@@H]1O. The first-order chi connectivity index (χ1) is 14.5. The monoisotopic (exact) mass is 485 g/mol. The van der Waals surface area contributed by atoms with Gasteiger partial charge in [0.15, 0.2) is 11.5 Å². The van der Waals surface area contributed by atoms with Crippen molar-refractivity contribution in [3.63, 3.8) is 0 Å². The zero-order valence-electron chi connectivity index (χ0n) is 15.8. The number of fused-ring (bicyclic) bond motifs is 1. The fraction of sp³-hybridized carbons (Fsp3) is 0.667. The zero-order chi connectivity index (χ0) is 22.6. The summed E-state index contributed by atoms with van der Waals surface area (Å²) in [5, 5.41) is 24.4. The van der Waals surface area contributed by atoms with Crippen molar-refractivity contribution in [2.75, 3.05) is 30.9 Å². The quantitative estimate of drug-likeness (QED) is 0.405. The number of imidazole rings is 1. The molecule has 31 heavy (non-hydrogen) atoms. The van der Waals surface area contributed by atoms with Gasteiger partial charge in [-0.2, -0.15) is 4.98 Å². The van der Waals surface area contributed by atoms with Gasteiger partial charge in [0.05, 0.1) is 25.0 Å². The Labute approximate surface area is 178 Å². The van der Waals surface area contributed by atoms with E-state index in [-0.39, 0.29) is 42.0 Å². The molecule has 2 fully saturated rings. The molecule has 172 valence electrons. The van der Waals surface area contributed by atoms with E-state index in [0.29, 0.717) is 0 Å². The van der Waals surface area contributed by atoms with E-state index in [0.717, 1.165) is 0 Å². The number of aliphatic hydroxyl groups is 2. The molecule has 2 saturated heterocycles. The standard InChI is InChI=1S/C15H19ClF2N5O7P/c16-14-20-13(22-2-1-15(17,18)5-22)12-19-3-7(23(12)21-14)11-10(25)9(24)8(30-11)4-29-6-31(26,27)28/h3,8-11,24-25H,1-2,4-6H2,(H2,26,27,28)/t8-,9-,10-,11+/m1/s1. The summed E-state index contributed by atoms with van der Waals surface area (Å²) in [5.41, 5.74) is 0.291. The van der Waals surface area contributed by atoms with Crippen molar-refractivity contribution in [1.82, 2.24) is 19.6 Å². The number of aromatic nitrogens is 4. The predicted molar refractivity (Wildman–Crippen MR) is 100 cm³/mol. The average molecular weight is 486 g/mol. The molecule has 2 aliphatic rings. The molecule has 0 spiro atoms. The molecule has 0 radical (unpaired) electrons. The van der Waals surface area contributed by atoms with Crippen molar-refractivity contribution >= 4 is 30.7 Å². The Bertz CT molecular complexity index is 1020. The molecule has 0 amide bonds. The fourth-order valence-corrected chi connectivity index (χ4v) is 4.10. The highest BCUT2D eigenvalue weighted by molar-refractivity contribution is 7.51. The van der Waals surface area contributed by atoms with Crippen LogP contribution in [0.2, 0.25) is 5.28 Å². The lowest BCUT2D eigenvalue weighted by molar-refractivity contribution is -0.0402. The number of halogens is 3. The highest BCUT2D eigenvalue weighted by atomic mass is 35.5. The second-order valence-electron chi connectivity index (χ2n) is 7.39. The molecule has 0 unspecified atom stereocenters. The molecule has 0 aromatic carbocycles. The highest BCUT2D eigenvalue weighted by Crippen LogP contribution is 2.38. The van der Waals surface area contributed by atoms with Gasteiger partial charge in [0, 0.05) is 13.0 Å². The van der Waals surface area contributed by atoms with E-state index in [1.165, 1.54) is 15.6 Å². The first-order valence-corrected chi connectivity index (χ1v) is 11.3. The first-order valence-electron chi connectivity index (χ1n) is 9.13. The molecular weight excluding hydrogens is 467 g/mol. The Morgan fingerprint density at radius 1 is 1.35 bits per heavy atom. The first kappa shape index (κ1) is 22.7. The second kappa shape index (κ2) is 8.12. The number of hydrogen-bond acceptors (Lipinski definition) is 9. The van der Waals surface area contributed by atoms with Crippen LogP contribution >= 0.6 is 19.2 Å². The summed E-state index contributed by atoms with van der Waals surface area (Å²) in [6.07, 6.45) is -5.04. The van der Waals surface area contributed by atoms with Gasteiger partial charge in [0.2, 0.25) is 5.28 Å². The van der Waals surface area contributed by atoms with Crippen LogP contribution in [0.25, 0.3) is 5.65 Å². The van der Waals surface area contributed by atoms with E-state index >= 15 is 0 Å². The normalized spacial score (nSPS) is 28.7. The van der Waals surface area contributed by atoms with Crippen molar-refractivity contribution in [3.05, 3.63) is 17.2 Å². The number of ether oxygens (including phenoxy) is 2. The number of rotatable bonds is 6. The lowest BCUT2D eigenvalue weighted by atomic mass is 10.1. The Balaban J connectivity index is 1.59. The summed E-state index contributed by atoms with van der Waals surface area (Å²) in [6, 6.07) is 0. The summed E-state index contributed by atoms with van der Waals surface area (Å²) in [6.45, 7) is -0.905. The molecule has 4 rings (SSSR count). The van der Waals surface area contributed by atoms with Gasteiger partial charge in [-0.1, -0.05) is 0 Å². The maximum atomic E-state index is 13.7. The van der Waals surface area contributed by atoms with Crippen molar-refractivity contribution in [3.8, 4) is 0 Å². The third-order valence-electron chi connectivity index (χ3n) is 5.01. The van der Waals surface area contributed by atoms with Gasteiger partial charge in [-0.05, 0) is 11.6 Å². The minimum Gasteiger partial charge on any atom is -0.387 e.